The third kappa shape index (κ3) is 3.39. The molecule has 1 aliphatic carbocycles. The van der Waals surface area contributed by atoms with Crippen molar-refractivity contribution >= 4 is 12.0 Å². The van der Waals surface area contributed by atoms with Gasteiger partial charge < -0.3 is 20.2 Å². The quantitative estimate of drug-likeness (QED) is 0.874. The summed E-state index contributed by atoms with van der Waals surface area (Å²) >= 11 is 0. The lowest BCUT2D eigenvalue weighted by molar-refractivity contribution is -0.135. The molecule has 1 aliphatic heterocycles. The zero-order chi connectivity index (χ0) is 15.5. The van der Waals surface area contributed by atoms with Crippen LogP contribution in [0.3, 0.4) is 0 Å². The van der Waals surface area contributed by atoms with Crippen molar-refractivity contribution in [3.63, 3.8) is 0 Å². The molecule has 2 amide bonds. The first-order valence-corrected chi connectivity index (χ1v) is 7.71. The van der Waals surface area contributed by atoms with Crippen LogP contribution in [0, 0.1) is 0 Å². The van der Waals surface area contributed by atoms with Crippen LogP contribution in [0.4, 0.5) is 4.79 Å². The maximum Gasteiger partial charge on any atom is 0.407 e. The number of nitrogens with one attached hydrogen (secondary N) is 1. The number of carbonyl (C=O) groups excluding carboxylic acids is 1. The molecule has 1 saturated heterocycles. The van der Waals surface area contributed by atoms with Crippen LogP contribution in [-0.4, -0.2) is 58.6 Å². The van der Waals surface area contributed by atoms with E-state index in [-0.39, 0.29) is 12.5 Å². The summed E-state index contributed by atoms with van der Waals surface area (Å²) in [7, 11) is 0. The Morgan fingerprint density at radius 2 is 2.00 bits per heavy atom. The lowest BCUT2D eigenvalue weighted by atomic mass is 10.1. The van der Waals surface area contributed by atoms with Crippen LogP contribution in [0.25, 0.3) is 0 Å². The minimum Gasteiger partial charge on any atom is -0.465 e. The second-order valence-corrected chi connectivity index (χ2v) is 5.92. The number of nitrogens with zero attached hydrogens (tertiary/aromatic N) is 2. The van der Waals surface area contributed by atoms with Gasteiger partial charge in [0, 0.05) is 32.2 Å². The molecule has 1 heterocycles. The van der Waals surface area contributed by atoms with Crippen molar-refractivity contribution in [3.05, 3.63) is 35.9 Å². The molecule has 1 saturated carbocycles. The Hall–Kier alpha value is -2.08. The molecule has 22 heavy (non-hydrogen) atoms. The second-order valence-electron chi connectivity index (χ2n) is 5.92. The van der Waals surface area contributed by atoms with E-state index < -0.39 is 12.1 Å². The number of piperazine rings is 1. The van der Waals surface area contributed by atoms with Crippen LogP contribution >= 0.6 is 0 Å². The van der Waals surface area contributed by atoms with Crippen molar-refractivity contribution in [1.82, 2.24) is 15.1 Å². The summed E-state index contributed by atoms with van der Waals surface area (Å²) in [5.41, 5.74) is 1.11. The number of benzene rings is 1. The van der Waals surface area contributed by atoms with Crippen LogP contribution < -0.4 is 5.32 Å². The molecule has 2 aliphatic rings. The highest BCUT2D eigenvalue weighted by molar-refractivity contribution is 5.83. The number of carbonyl (C=O) groups is 2. The summed E-state index contributed by atoms with van der Waals surface area (Å²) in [6.07, 6.45) is 1.11. The zero-order valence-electron chi connectivity index (χ0n) is 12.4. The monoisotopic (exact) mass is 303 g/mol. The highest BCUT2D eigenvalue weighted by atomic mass is 16.4. The Kier molecular flexibility index (Phi) is 4.29. The van der Waals surface area contributed by atoms with Gasteiger partial charge in [-0.3, -0.25) is 4.79 Å². The van der Waals surface area contributed by atoms with Gasteiger partial charge in [-0.2, -0.15) is 0 Å². The van der Waals surface area contributed by atoms with Crippen molar-refractivity contribution in [2.75, 3.05) is 19.6 Å². The van der Waals surface area contributed by atoms with Crippen LogP contribution in [-0.2, 0) is 11.3 Å². The number of hydrogen-bond donors (Lipinski definition) is 2. The second kappa shape index (κ2) is 6.36. The topological polar surface area (TPSA) is 72.9 Å². The number of hydrogen-bond acceptors (Lipinski definition) is 3. The number of carboxylic acid groups (broad SMARTS) is 1. The van der Waals surface area contributed by atoms with Crippen LogP contribution in [0.5, 0.6) is 0 Å². The fourth-order valence-corrected chi connectivity index (χ4v) is 2.84. The van der Waals surface area contributed by atoms with E-state index in [9.17, 15) is 9.59 Å². The van der Waals surface area contributed by atoms with E-state index in [2.05, 4.69) is 5.32 Å². The van der Waals surface area contributed by atoms with Gasteiger partial charge >= 0.3 is 6.09 Å². The fourth-order valence-electron chi connectivity index (χ4n) is 2.84. The van der Waals surface area contributed by atoms with Crippen molar-refractivity contribution in [1.29, 1.82) is 0 Å². The predicted octanol–water partition coefficient (Wildman–Crippen LogP) is 1.13. The van der Waals surface area contributed by atoms with Gasteiger partial charge in [-0.1, -0.05) is 30.3 Å². The average Bonchev–Trinajstić information content (AvgIpc) is 3.38. The molecule has 2 N–H and O–H groups in total. The average molecular weight is 303 g/mol. The molecule has 118 valence electrons. The summed E-state index contributed by atoms with van der Waals surface area (Å²) in [6.45, 7) is 1.77. The highest BCUT2D eigenvalue weighted by Gasteiger charge is 2.37. The van der Waals surface area contributed by atoms with Crippen LogP contribution in [0.1, 0.15) is 18.4 Å². The largest absolute Gasteiger partial charge is 0.465 e. The van der Waals surface area contributed by atoms with Gasteiger partial charge in [-0.05, 0) is 18.4 Å². The van der Waals surface area contributed by atoms with Gasteiger partial charge in [0.1, 0.15) is 6.04 Å². The van der Waals surface area contributed by atoms with Crippen LogP contribution in [0.15, 0.2) is 30.3 Å². The van der Waals surface area contributed by atoms with Gasteiger partial charge in [0.2, 0.25) is 5.91 Å². The summed E-state index contributed by atoms with van der Waals surface area (Å²) in [5.74, 6) is 0.0114. The summed E-state index contributed by atoms with van der Waals surface area (Å²) in [4.78, 5) is 27.1. The van der Waals surface area contributed by atoms with Gasteiger partial charge in [0.05, 0.1) is 0 Å². The minimum absolute atomic E-state index is 0.0114. The zero-order valence-corrected chi connectivity index (χ0v) is 12.4. The summed E-state index contributed by atoms with van der Waals surface area (Å²) in [5, 5.41) is 12.3. The maximum atomic E-state index is 12.8. The Morgan fingerprint density at radius 1 is 1.27 bits per heavy atom. The molecular weight excluding hydrogens is 282 g/mol. The molecule has 1 aromatic rings. The Bertz CT molecular complexity index is 545. The molecule has 3 rings (SSSR count). The Labute approximate surface area is 129 Å². The van der Waals surface area contributed by atoms with Crippen molar-refractivity contribution in [3.8, 4) is 0 Å². The van der Waals surface area contributed by atoms with E-state index in [0.29, 0.717) is 25.7 Å². The number of rotatable bonds is 4. The van der Waals surface area contributed by atoms with Crippen molar-refractivity contribution in [2.45, 2.75) is 31.5 Å². The molecule has 1 atom stereocenters. The highest BCUT2D eigenvalue weighted by Crippen LogP contribution is 2.29. The molecule has 2 fully saturated rings. The molecule has 0 spiro atoms. The van der Waals surface area contributed by atoms with E-state index in [0.717, 1.165) is 18.4 Å². The number of amides is 2. The molecule has 1 unspecified atom stereocenters. The molecule has 6 heteroatoms. The summed E-state index contributed by atoms with van der Waals surface area (Å²) in [6, 6.07) is 9.79. The third-order valence-electron chi connectivity index (χ3n) is 4.21. The van der Waals surface area contributed by atoms with E-state index in [4.69, 9.17) is 5.11 Å². The van der Waals surface area contributed by atoms with E-state index >= 15 is 0 Å². The Morgan fingerprint density at radius 3 is 2.64 bits per heavy atom. The molecule has 0 aromatic heterocycles. The van der Waals surface area contributed by atoms with E-state index in [1.807, 2.05) is 35.2 Å². The SMILES string of the molecule is O=C(O)N1CCNC(C(=O)N(Cc2ccccc2)C2CC2)C1. The smallest absolute Gasteiger partial charge is 0.407 e. The molecular formula is C16H21N3O3. The molecule has 0 bridgehead atoms. The van der Waals surface area contributed by atoms with Gasteiger partial charge in [-0.15, -0.1) is 0 Å². The predicted molar refractivity (Wildman–Crippen MR) is 81.4 cm³/mol. The van der Waals surface area contributed by atoms with Gasteiger partial charge in [0.25, 0.3) is 0 Å². The normalized spacial score (nSPS) is 21.5. The van der Waals surface area contributed by atoms with Crippen LogP contribution in [0.2, 0.25) is 0 Å². The fraction of sp³-hybridized carbons (Fsp3) is 0.500. The van der Waals surface area contributed by atoms with E-state index in [1.165, 1.54) is 4.90 Å². The van der Waals surface area contributed by atoms with Crippen molar-refractivity contribution < 1.29 is 14.7 Å². The van der Waals surface area contributed by atoms with Gasteiger partial charge in [-0.25, -0.2) is 4.79 Å². The minimum atomic E-state index is -0.958. The Balaban J connectivity index is 1.68. The summed E-state index contributed by atoms with van der Waals surface area (Å²) < 4.78 is 0. The first kappa shape index (κ1) is 14.8. The third-order valence-corrected chi connectivity index (χ3v) is 4.21. The standard InChI is InChI=1S/C16H21N3O3/c20-15(14-11-18(16(21)22)9-8-17-14)19(13-6-7-13)10-12-4-2-1-3-5-12/h1-5,13-14,17H,6-11H2,(H,21,22). The molecule has 1 aromatic carbocycles. The first-order valence-electron chi connectivity index (χ1n) is 7.71. The lowest BCUT2D eigenvalue weighted by Crippen LogP contribution is -2.59. The van der Waals surface area contributed by atoms with E-state index in [1.54, 1.807) is 0 Å². The van der Waals surface area contributed by atoms with Crippen molar-refractivity contribution in [2.24, 2.45) is 0 Å². The molecule has 0 radical (unpaired) electrons. The van der Waals surface area contributed by atoms with Gasteiger partial charge in [0.15, 0.2) is 0 Å². The maximum absolute atomic E-state index is 12.8. The lowest BCUT2D eigenvalue weighted by Gasteiger charge is -2.34. The first-order chi connectivity index (χ1) is 10.6. The molecule has 6 nitrogen and oxygen atoms in total.